The second kappa shape index (κ2) is 9.99. The molecule has 1 saturated heterocycles. The zero-order valence-corrected chi connectivity index (χ0v) is 19.5. The van der Waals surface area contributed by atoms with Crippen LogP contribution < -0.4 is 4.74 Å². The molecule has 0 bridgehead atoms. The van der Waals surface area contributed by atoms with Crippen LogP contribution in [0.2, 0.25) is 5.02 Å². The number of carbonyl (C=O) groups is 1. The molecule has 0 spiro atoms. The first-order valence-corrected chi connectivity index (χ1v) is 12.7. The monoisotopic (exact) mass is 492 g/mol. The van der Waals surface area contributed by atoms with E-state index in [9.17, 15) is 13.2 Å². The molecular formula is C22H21ClN2O5S2. The summed E-state index contributed by atoms with van der Waals surface area (Å²) in [6, 6.07) is 12.9. The Hall–Kier alpha value is -2.46. The molecule has 1 aromatic heterocycles. The van der Waals surface area contributed by atoms with Crippen molar-refractivity contribution in [2.45, 2.75) is 31.0 Å². The maximum absolute atomic E-state index is 12.6. The minimum absolute atomic E-state index is 0.0180. The van der Waals surface area contributed by atoms with Crippen molar-refractivity contribution in [3.8, 4) is 5.75 Å². The number of hydrogen-bond donors (Lipinski definition) is 0. The summed E-state index contributed by atoms with van der Waals surface area (Å²) in [6.45, 7) is 1.39. The van der Waals surface area contributed by atoms with Gasteiger partial charge in [-0.2, -0.15) is 4.31 Å². The molecule has 10 heteroatoms. The lowest BCUT2D eigenvalue weighted by atomic mass is 10.2. The van der Waals surface area contributed by atoms with Gasteiger partial charge in [0.2, 0.25) is 10.0 Å². The smallest absolute Gasteiger partial charge is 0.338 e. The van der Waals surface area contributed by atoms with Gasteiger partial charge in [0.25, 0.3) is 0 Å². The molecule has 0 N–H and O–H groups in total. The average Bonchev–Trinajstić information content (AvgIpc) is 3.50. The van der Waals surface area contributed by atoms with Gasteiger partial charge < -0.3 is 9.47 Å². The molecule has 0 radical (unpaired) electrons. The highest BCUT2D eigenvalue weighted by Gasteiger charge is 2.27. The number of nitrogens with zero attached hydrogens (tertiary/aromatic N) is 2. The van der Waals surface area contributed by atoms with Gasteiger partial charge in [-0.1, -0.05) is 11.6 Å². The number of halogens is 1. The second-order valence-corrected chi connectivity index (χ2v) is 10.5. The van der Waals surface area contributed by atoms with Crippen molar-refractivity contribution in [1.29, 1.82) is 0 Å². The normalized spacial score (nSPS) is 14.4. The first kappa shape index (κ1) is 22.7. The Morgan fingerprint density at radius 3 is 2.41 bits per heavy atom. The van der Waals surface area contributed by atoms with Crippen molar-refractivity contribution in [3.05, 3.63) is 75.2 Å². The Balaban J connectivity index is 1.29. The predicted octanol–water partition coefficient (Wildman–Crippen LogP) is 4.52. The van der Waals surface area contributed by atoms with Crippen LogP contribution in [0.1, 0.15) is 33.9 Å². The largest absolute Gasteiger partial charge is 0.486 e. The molecule has 32 heavy (non-hydrogen) atoms. The number of ether oxygens (including phenoxy) is 2. The van der Waals surface area contributed by atoms with Crippen molar-refractivity contribution in [1.82, 2.24) is 9.29 Å². The third-order valence-corrected chi connectivity index (χ3v) is 7.96. The molecule has 7 nitrogen and oxygen atoms in total. The zero-order valence-electron chi connectivity index (χ0n) is 17.1. The van der Waals surface area contributed by atoms with E-state index in [2.05, 4.69) is 4.98 Å². The Kier molecular flexibility index (Phi) is 7.10. The van der Waals surface area contributed by atoms with Gasteiger partial charge in [0.1, 0.15) is 24.0 Å². The molecule has 0 saturated carbocycles. The molecule has 168 valence electrons. The third kappa shape index (κ3) is 5.47. The maximum atomic E-state index is 12.6. The molecule has 2 heterocycles. The van der Waals surface area contributed by atoms with E-state index in [1.54, 1.807) is 29.6 Å². The van der Waals surface area contributed by atoms with Crippen LogP contribution in [0.5, 0.6) is 5.75 Å². The van der Waals surface area contributed by atoms with Crippen LogP contribution in [-0.4, -0.2) is 36.8 Å². The summed E-state index contributed by atoms with van der Waals surface area (Å²) in [4.78, 5) is 16.9. The lowest BCUT2D eigenvalue weighted by Gasteiger charge is -2.15. The summed E-state index contributed by atoms with van der Waals surface area (Å²) in [5.74, 6) is 0.148. The summed E-state index contributed by atoms with van der Waals surface area (Å²) in [7, 11) is -3.51. The first-order valence-electron chi connectivity index (χ1n) is 10.0. The Morgan fingerprint density at radius 2 is 1.72 bits per heavy atom. The van der Waals surface area contributed by atoms with E-state index >= 15 is 0 Å². The minimum atomic E-state index is -3.51. The van der Waals surface area contributed by atoms with Crippen molar-refractivity contribution in [2.24, 2.45) is 0 Å². The van der Waals surface area contributed by atoms with Gasteiger partial charge in [-0.3, -0.25) is 0 Å². The Labute approximate surface area is 195 Å². The van der Waals surface area contributed by atoms with E-state index in [1.807, 2.05) is 0 Å². The lowest BCUT2D eigenvalue weighted by molar-refractivity contribution is 0.0468. The van der Waals surface area contributed by atoms with E-state index in [0.717, 1.165) is 17.8 Å². The standard InChI is InChI=1S/C22H21ClN2O5S2/c23-17-5-7-19(8-6-17)29-14-21-24-18(15-31-21)13-30-22(26)16-3-9-20(10-4-16)32(27,28)25-11-1-2-12-25/h3-10,15H,1-2,11-14H2. The molecule has 4 rings (SSSR count). The van der Waals surface area contributed by atoms with E-state index in [4.69, 9.17) is 21.1 Å². The van der Waals surface area contributed by atoms with E-state index in [1.165, 1.54) is 39.9 Å². The van der Waals surface area contributed by atoms with Crippen LogP contribution in [0.15, 0.2) is 58.8 Å². The highest BCUT2D eigenvalue weighted by molar-refractivity contribution is 7.89. The van der Waals surface area contributed by atoms with Crippen LogP contribution in [0.25, 0.3) is 0 Å². The van der Waals surface area contributed by atoms with Gasteiger partial charge in [-0.15, -0.1) is 11.3 Å². The molecule has 0 amide bonds. The number of aromatic nitrogens is 1. The maximum Gasteiger partial charge on any atom is 0.338 e. The van der Waals surface area contributed by atoms with E-state index in [0.29, 0.717) is 36.2 Å². The summed E-state index contributed by atoms with van der Waals surface area (Å²) in [5.41, 5.74) is 0.901. The number of esters is 1. The van der Waals surface area contributed by atoms with Gasteiger partial charge in [-0.25, -0.2) is 18.2 Å². The number of benzene rings is 2. The van der Waals surface area contributed by atoms with Crippen LogP contribution in [-0.2, 0) is 28.0 Å². The molecule has 2 aromatic carbocycles. The van der Waals surface area contributed by atoms with Crippen molar-refractivity contribution in [2.75, 3.05) is 13.1 Å². The van der Waals surface area contributed by atoms with Gasteiger partial charge >= 0.3 is 5.97 Å². The molecular weight excluding hydrogens is 472 g/mol. The molecule has 0 atom stereocenters. The third-order valence-electron chi connectivity index (χ3n) is 4.92. The number of carbonyl (C=O) groups excluding carboxylic acids is 1. The van der Waals surface area contributed by atoms with Crippen LogP contribution in [0.3, 0.4) is 0 Å². The molecule has 1 aliphatic rings. The highest BCUT2D eigenvalue weighted by Crippen LogP contribution is 2.22. The molecule has 0 aliphatic carbocycles. The van der Waals surface area contributed by atoms with Crippen LogP contribution in [0.4, 0.5) is 0 Å². The number of rotatable bonds is 8. The quantitative estimate of drug-likeness (QED) is 0.430. The Bertz CT molecular complexity index is 1170. The summed E-state index contributed by atoms with van der Waals surface area (Å²) >= 11 is 7.27. The zero-order chi connectivity index (χ0) is 22.6. The van der Waals surface area contributed by atoms with Crippen LogP contribution >= 0.6 is 22.9 Å². The fraction of sp³-hybridized carbons (Fsp3) is 0.273. The summed E-state index contributed by atoms with van der Waals surface area (Å²) < 4.78 is 37.6. The molecule has 0 unspecified atom stereocenters. The second-order valence-electron chi connectivity index (χ2n) is 7.19. The predicted molar refractivity (Wildman–Crippen MR) is 121 cm³/mol. The number of thiazole rings is 1. The number of hydrogen-bond acceptors (Lipinski definition) is 7. The van der Waals surface area contributed by atoms with Gasteiger partial charge in [0.05, 0.1) is 16.2 Å². The van der Waals surface area contributed by atoms with E-state index in [-0.39, 0.29) is 17.1 Å². The van der Waals surface area contributed by atoms with Crippen molar-refractivity contribution >= 4 is 38.9 Å². The van der Waals surface area contributed by atoms with Gasteiger partial charge in [0.15, 0.2) is 0 Å². The summed E-state index contributed by atoms with van der Waals surface area (Å²) in [5, 5.41) is 3.19. The van der Waals surface area contributed by atoms with Crippen molar-refractivity contribution < 1.29 is 22.7 Å². The fourth-order valence-electron chi connectivity index (χ4n) is 3.22. The highest BCUT2D eigenvalue weighted by atomic mass is 35.5. The molecule has 3 aromatic rings. The fourth-order valence-corrected chi connectivity index (χ4v) is 5.55. The topological polar surface area (TPSA) is 85.8 Å². The number of sulfonamides is 1. The molecule has 1 fully saturated rings. The molecule has 1 aliphatic heterocycles. The first-order chi connectivity index (χ1) is 15.4. The van der Waals surface area contributed by atoms with E-state index < -0.39 is 16.0 Å². The minimum Gasteiger partial charge on any atom is -0.486 e. The van der Waals surface area contributed by atoms with Crippen molar-refractivity contribution in [3.63, 3.8) is 0 Å². The van der Waals surface area contributed by atoms with Crippen LogP contribution in [0, 0.1) is 0 Å². The Morgan fingerprint density at radius 1 is 1.03 bits per heavy atom. The summed E-state index contributed by atoms with van der Waals surface area (Å²) in [6.07, 6.45) is 1.74. The SMILES string of the molecule is O=C(OCc1csc(COc2ccc(Cl)cc2)n1)c1ccc(S(=O)(=O)N2CCCC2)cc1. The lowest BCUT2D eigenvalue weighted by Crippen LogP contribution is -2.27. The van der Waals surface area contributed by atoms with Gasteiger partial charge in [0, 0.05) is 23.5 Å². The average molecular weight is 493 g/mol. The van der Waals surface area contributed by atoms with Gasteiger partial charge in [-0.05, 0) is 61.4 Å².